The summed E-state index contributed by atoms with van der Waals surface area (Å²) in [6, 6.07) is 9.37. The van der Waals surface area contributed by atoms with Crippen molar-refractivity contribution in [3.05, 3.63) is 47.5 Å². The number of fused-ring (bicyclic) bond motifs is 5. The van der Waals surface area contributed by atoms with Crippen molar-refractivity contribution in [2.45, 2.75) is 83.7 Å². The van der Waals surface area contributed by atoms with E-state index in [4.69, 9.17) is 4.84 Å². The Bertz CT molecular complexity index is 1100. The SMILES string of the molecule is C[C@]12CC[C@@H]3[C@H](CCC4=CC(=NOCC(=O)NC[C@H](CC(=O)O)c5ccccc5)CC[C@@]43C)[C@@H]1CC[C@@H]2O. The molecule has 1 aromatic rings. The van der Waals surface area contributed by atoms with Crippen LogP contribution in [0.15, 0.2) is 47.1 Å². The molecule has 7 nitrogen and oxygen atoms in total. The van der Waals surface area contributed by atoms with Crippen LogP contribution in [0, 0.1) is 28.6 Å². The summed E-state index contributed by atoms with van der Waals surface area (Å²) in [5, 5.41) is 27.0. The molecule has 0 unspecified atom stereocenters. The summed E-state index contributed by atoms with van der Waals surface area (Å²) in [7, 11) is 0. The highest BCUT2D eigenvalue weighted by Gasteiger charge is 2.58. The first kappa shape index (κ1) is 26.9. The Morgan fingerprint density at radius 1 is 1.08 bits per heavy atom. The highest BCUT2D eigenvalue weighted by molar-refractivity contribution is 5.96. The average Bonchev–Trinajstić information content (AvgIpc) is 3.21. The number of rotatable bonds is 8. The molecular formula is C31H42N2O5. The van der Waals surface area contributed by atoms with E-state index in [9.17, 15) is 19.8 Å². The Labute approximate surface area is 225 Å². The van der Waals surface area contributed by atoms with E-state index in [2.05, 4.69) is 30.4 Å². The molecule has 38 heavy (non-hydrogen) atoms. The zero-order chi connectivity index (χ0) is 26.9. The van der Waals surface area contributed by atoms with Crippen molar-refractivity contribution in [2.75, 3.05) is 13.2 Å². The fourth-order valence-electron chi connectivity index (χ4n) is 8.32. The molecule has 206 valence electrons. The van der Waals surface area contributed by atoms with Gasteiger partial charge in [-0.1, -0.05) is 54.9 Å². The van der Waals surface area contributed by atoms with E-state index in [1.54, 1.807) is 0 Å². The first-order chi connectivity index (χ1) is 18.2. The van der Waals surface area contributed by atoms with Gasteiger partial charge in [-0.15, -0.1) is 0 Å². The molecule has 0 bridgehead atoms. The lowest BCUT2D eigenvalue weighted by Crippen LogP contribution is -2.51. The van der Waals surface area contributed by atoms with Crippen LogP contribution in [0.25, 0.3) is 0 Å². The van der Waals surface area contributed by atoms with Gasteiger partial charge >= 0.3 is 5.97 Å². The zero-order valence-electron chi connectivity index (χ0n) is 22.7. The fraction of sp³-hybridized carbons (Fsp3) is 0.645. The summed E-state index contributed by atoms with van der Waals surface area (Å²) in [5.74, 6) is 0.506. The molecule has 0 aromatic heterocycles. The first-order valence-electron chi connectivity index (χ1n) is 14.3. The van der Waals surface area contributed by atoms with Gasteiger partial charge in [-0.25, -0.2) is 0 Å². The number of nitrogens with one attached hydrogen (secondary N) is 1. The van der Waals surface area contributed by atoms with E-state index < -0.39 is 5.97 Å². The number of amides is 1. The third-order valence-electron chi connectivity index (χ3n) is 10.5. The summed E-state index contributed by atoms with van der Waals surface area (Å²) >= 11 is 0. The number of carbonyl (C=O) groups is 2. The minimum absolute atomic E-state index is 0.0534. The van der Waals surface area contributed by atoms with E-state index >= 15 is 0 Å². The number of nitrogens with zero attached hydrogens (tertiary/aromatic N) is 1. The number of hydrogen-bond donors (Lipinski definition) is 3. The van der Waals surface area contributed by atoms with Crippen molar-refractivity contribution in [3.63, 3.8) is 0 Å². The van der Waals surface area contributed by atoms with Crippen molar-refractivity contribution in [2.24, 2.45) is 33.7 Å². The Kier molecular flexibility index (Phi) is 7.67. The topological polar surface area (TPSA) is 108 Å². The van der Waals surface area contributed by atoms with Crippen molar-refractivity contribution in [1.29, 1.82) is 0 Å². The molecule has 0 aliphatic heterocycles. The quantitative estimate of drug-likeness (QED) is 0.414. The van der Waals surface area contributed by atoms with Crippen molar-refractivity contribution in [3.8, 4) is 0 Å². The molecule has 3 fully saturated rings. The van der Waals surface area contributed by atoms with E-state index in [0.29, 0.717) is 17.8 Å². The van der Waals surface area contributed by atoms with Crippen molar-refractivity contribution >= 4 is 17.6 Å². The molecule has 1 amide bonds. The maximum atomic E-state index is 12.4. The first-order valence-corrected chi connectivity index (χ1v) is 14.3. The summed E-state index contributed by atoms with van der Waals surface area (Å²) in [4.78, 5) is 29.1. The van der Waals surface area contributed by atoms with Gasteiger partial charge in [0, 0.05) is 12.5 Å². The second-order valence-corrected chi connectivity index (χ2v) is 12.5. The number of aliphatic hydroxyl groups excluding tert-OH is 1. The number of carboxylic acid groups (broad SMARTS) is 1. The predicted molar refractivity (Wildman–Crippen MR) is 146 cm³/mol. The van der Waals surface area contributed by atoms with Crippen LogP contribution in [0.3, 0.4) is 0 Å². The smallest absolute Gasteiger partial charge is 0.304 e. The van der Waals surface area contributed by atoms with Crippen LogP contribution in [-0.2, 0) is 14.4 Å². The third kappa shape index (κ3) is 5.14. The number of allylic oxidation sites excluding steroid dienone is 2. The van der Waals surface area contributed by atoms with Gasteiger partial charge in [0.25, 0.3) is 5.91 Å². The van der Waals surface area contributed by atoms with Gasteiger partial charge < -0.3 is 20.4 Å². The van der Waals surface area contributed by atoms with E-state index in [0.717, 1.165) is 43.4 Å². The molecule has 7 heteroatoms. The van der Waals surface area contributed by atoms with Gasteiger partial charge in [-0.3, -0.25) is 9.59 Å². The molecule has 1 aromatic carbocycles. The lowest BCUT2D eigenvalue weighted by molar-refractivity contribution is -0.137. The molecule has 0 radical (unpaired) electrons. The molecule has 7 atom stereocenters. The normalized spacial score (nSPS) is 35.9. The van der Waals surface area contributed by atoms with Crippen LogP contribution in [0.1, 0.15) is 83.1 Å². The highest BCUT2D eigenvalue weighted by Crippen LogP contribution is 2.65. The van der Waals surface area contributed by atoms with E-state index in [1.165, 1.54) is 24.8 Å². The van der Waals surface area contributed by atoms with Crippen LogP contribution >= 0.6 is 0 Å². The number of hydrogen-bond acceptors (Lipinski definition) is 5. The molecule has 3 saturated carbocycles. The highest BCUT2D eigenvalue weighted by atomic mass is 16.6. The molecule has 0 saturated heterocycles. The predicted octanol–water partition coefficient (Wildman–Crippen LogP) is 5.06. The molecule has 4 aliphatic carbocycles. The van der Waals surface area contributed by atoms with Crippen molar-refractivity contribution < 1.29 is 24.6 Å². The van der Waals surface area contributed by atoms with Gasteiger partial charge in [-0.05, 0) is 91.6 Å². The summed E-state index contributed by atoms with van der Waals surface area (Å²) < 4.78 is 0. The molecule has 4 aliphatic rings. The third-order valence-corrected chi connectivity index (χ3v) is 10.5. The lowest BCUT2D eigenvalue weighted by Gasteiger charge is -2.57. The number of carbonyl (C=O) groups excluding carboxylic acids is 1. The van der Waals surface area contributed by atoms with Crippen LogP contribution in [0.5, 0.6) is 0 Å². The molecule has 5 rings (SSSR count). The number of oxime groups is 1. The Morgan fingerprint density at radius 2 is 1.87 bits per heavy atom. The standard InChI is InChI=1S/C31H42N2O5/c1-30-14-12-23(17-22(30)8-9-24-25-10-11-27(34)31(25,2)15-13-26(24)30)33-38-19-28(35)32-18-21(16-29(36)37)20-6-4-3-5-7-20/h3-7,17,21,24-27,34H,8-16,18-19H2,1-2H3,(H,32,35)(H,36,37)/t21-,24+,25-,26+,27-,30-,31-/m0/s1. The van der Waals surface area contributed by atoms with Gasteiger partial charge in [0.15, 0.2) is 6.61 Å². The number of aliphatic hydroxyl groups is 1. The summed E-state index contributed by atoms with van der Waals surface area (Å²) in [6.45, 7) is 4.81. The van der Waals surface area contributed by atoms with Gasteiger partial charge in [0.05, 0.1) is 18.2 Å². The Balaban J connectivity index is 1.16. The van der Waals surface area contributed by atoms with Gasteiger partial charge in [0.2, 0.25) is 0 Å². The molecular weight excluding hydrogens is 480 g/mol. The minimum Gasteiger partial charge on any atom is -0.481 e. The maximum absolute atomic E-state index is 12.4. The Hall–Kier alpha value is -2.67. The van der Waals surface area contributed by atoms with Crippen LogP contribution in [0.4, 0.5) is 0 Å². The number of benzene rings is 1. The zero-order valence-corrected chi connectivity index (χ0v) is 22.7. The largest absolute Gasteiger partial charge is 0.481 e. The minimum atomic E-state index is -0.898. The molecule has 3 N–H and O–H groups in total. The van der Waals surface area contributed by atoms with Crippen LogP contribution < -0.4 is 5.32 Å². The summed E-state index contributed by atoms with van der Waals surface area (Å²) in [5.41, 5.74) is 3.54. The lowest BCUT2D eigenvalue weighted by atomic mass is 9.47. The second-order valence-electron chi connectivity index (χ2n) is 12.5. The maximum Gasteiger partial charge on any atom is 0.304 e. The number of carboxylic acids is 1. The van der Waals surface area contributed by atoms with Gasteiger partial charge in [-0.2, -0.15) is 0 Å². The monoisotopic (exact) mass is 522 g/mol. The second kappa shape index (κ2) is 10.8. The van der Waals surface area contributed by atoms with Gasteiger partial charge in [0.1, 0.15) is 0 Å². The average molecular weight is 523 g/mol. The van der Waals surface area contributed by atoms with E-state index in [1.807, 2.05) is 30.3 Å². The Morgan fingerprint density at radius 3 is 2.63 bits per heavy atom. The van der Waals surface area contributed by atoms with Crippen molar-refractivity contribution in [1.82, 2.24) is 5.32 Å². The molecule has 0 heterocycles. The summed E-state index contributed by atoms with van der Waals surface area (Å²) in [6.07, 6.45) is 10.6. The number of aliphatic carboxylic acids is 1. The van der Waals surface area contributed by atoms with Crippen LogP contribution in [-0.4, -0.2) is 47.1 Å². The molecule has 0 spiro atoms. The van der Waals surface area contributed by atoms with Crippen LogP contribution in [0.2, 0.25) is 0 Å². The fourth-order valence-corrected chi connectivity index (χ4v) is 8.32. The van der Waals surface area contributed by atoms with E-state index in [-0.39, 0.29) is 48.3 Å².